The molecule has 0 spiro atoms. The van der Waals surface area contributed by atoms with Gasteiger partial charge in [-0.3, -0.25) is 0 Å². The molecule has 0 unspecified atom stereocenters. The summed E-state index contributed by atoms with van der Waals surface area (Å²) in [6.07, 6.45) is 0.347. The first kappa shape index (κ1) is 17.9. The summed E-state index contributed by atoms with van der Waals surface area (Å²) in [4.78, 5) is 0.174. The Balaban J connectivity index is 2.07. The number of sulfonamides is 1. The summed E-state index contributed by atoms with van der Waals surface area (Å²) in [5.74, 6) is 0.702. The highest BCUT2D eigenvalue weighted by molar-refractivity contribution is 7.90. The Morgan fingerprint density at radius 1 is 0.846 bits per heavy atom. The van der Waals surface area contributed by atoms with Gasteiger partial charge in [0.25, 0.3) is 10.0 Å². The van der Waals surface area contributed by atoms with Crippen molar-refractivity contribution in [3.8, 4) is 5.75 Å². The Kier molecular flexibility index (Phi) is 5.49. The summed E-state index contributed by atoms with van der Waals surface area (Å²) in [5, 5.41) is 0. The lowest BCUT2D eigenvalue weighted by molar-refractivity contribution is 0.411. The van der Waals surface area contributed by atoms with Crippen LogP contribution in [0.3, 0.4) is 0 Å². The number of methoxy groups -OCH3 is 1. The normalized spacial score (nSPS) is 12.0. The zero-order valence-electron chi connectivity index (χ0n) is 14.4. The molecule has 0 N–H and O–H groups in total. The van der Waals surface area contributed by atoms with Crippen LogP contribution in [0.4, 0.5) is 0 Å². The van der Waals surface area contributed by atoms with Gasteiger partial charge in [-0.2, -0.15) is 12.8 Å². The number of benzene rings is 3. The fourth-order valence-corrected chi connectivity index (χ4v) is 3.70. The minimum Gasteiger partial charge on any atom is -0.496 e. The molecule has 0 fully saturated rings. The molecule has 26 heavy (non-hydrogen) atoms. The van der Waals surface area contributed by atoms with Gasteiger partial charge in [-0.15, -0.1) is 0 Å². The minimum absolute atomic E-state index is 0.174. The average molecular weight is 365 g/mol. The van der Waals surface area contributed by atoms with Gasteiger partial charge >= 0.3 is 0 Å². The zero-order chi connectivity index (χ0) is 18.4. The van der Waals surface area contributed by atoms with Gasteiger partial charge in [-0.05, 0) is 23.8 Å². The summed E-state index contributed by atoms with van der Waals surface area (Å²) in [6.45, 7) is 0. The predicted octanol–water partition coefficient (Wildman–Crippen LogP) is 4.12. The molecule has 3 aromatic carbocycles. The van der Waals surface area contributed by atoms with Gasteiger partial charge in [0.2, 0.25) is 0 Å². The summed E-state index contributed by atoms with van der Waals surface area (Å²) in [6, 6.07) is 25.1. The maximum absolute atomic E-state index is 12.7. The Morgan fingerprint density at radius 2 is 1.42 bits per heavy atom. The van der Waals surface area contributed by atoms with Crippen molar-refractivity contribution in [2.24, 2.45) is 4.40 Å². The molecule has 5 heteroatoms. The molecule has 0 heterocycles. The molecule has 0 radical (unpaired) electrons. The van der Waals surface area contributed by atoms with E-state index in [1.54, 1.807) is 37.4 Å². The molecule has 0 saturated carbocycles. The molecule has 0 aromatic heterocycles. The fourth-order valence-electron chi connectivity index (χ4n) is 2.64. The third kappa shape index (κ3) is 4.18. The van der Waals surface area contributed by atoms with Gasteiger partial charge < -0.3 is 4.74 Å². The van der Waals surface area contributed by atoms with E-state index in [1.165, 1.54) is 0 Å². The van der Waals surface area contributed by atoms with Gasteiger partial charge in [0, 0.05) is 12.0 Å². The van der Waals surface area contributed by atoms with E-state index in [2.05, 4.69) is 4.40 Å². The molecule has 0 bridgehead atoms. The van der Waals surface area contributed by atoms with Crippen LogP contribution in [0.25, 0.3) is 0 Å². The Bertz CT molecular complexity index is 998. The Hall–Kier alpha value is -2.92. The van der Waals surface area contributed by atoms with Crippen molar-refractivity contribution in [2.45, 2.75) is 11.3 Å². The smallest absolute Gasteiger partial charge is 0.282 e. The van der Waals surface area contributed by atoms with Crippen LogP contribution in [0, 0.1) is 0 Å². The van der Waals surface area contributed by atoms with E-state index in [4.69, 9.17) is 4.74 Å². The Morgan fingerprint density at radius 3 is 2.08 bits per heavy atom. The third-order valence-electron chi connectivity index (χ3n) is 3.93. The lowest BCUT2D eigenvalue weighted by Crippen LogP contribution is -2.10. The van der Waals surface area contributed by atoms with Crippen molar-refractivity contribution >= 4 is 15.7 Å². The molecule has 0 aliphatic heterocycles. The largest absolute Gasteiger partial charge is 0.496 e. The first-order chi connectivity index (χ1) is 12.6. The van der Waals surface area contributed by atoms with E-state index in [1.807, 2.05) is 54.6 Å². The molecular formula is C21H19NO3S. The summed E-state index contributed by atoms with van der Waals surface area (Å²) in [7, 11) is -2.20. The SMILES string of the molecule is COc1ccccc1CC(=NS(=O)(=O)c1ccccc1)c1ccccc1. The molecule has 0 aliphatic rings. The first-order valence-electron chi connectivity index (χ1n) is 8.16. The zero-order valence-corrected chi connectivity index (χ0v) is 15.2. The van der Waals surface area contributed by atoms with Gasteiger partial charge in [0.1, 0.15) is 5.75 Å². The van der Waals surface area contributed by atoms with Crippen LogP contribution in [0.1, 0.15) is 11.1 Å². The van der Waals surface area contributed by atoms with Gasteiger partial charge in [0.05, 0.1) is 17.7 Å². The number of hydrogen-bond donors (Lipinski definition) is 0. The fraction of sp³-hybridized carbons (Fsp3) is 0.0952. The predicted molar refractivity (Wildman–Crippen MR) is 103 cm³/mol. The topological polar surface area (TPSA) is 55.7 Å². The summed E-state index contributed by atoms with van der Waals surface area (Å²) in [5.41, 5.74) is 2.11. The Labute approximate surface area is 153 Å². The van der Waals surface area contributed by atoms with Crippen molar-refractivity contribution in [1.82, 2.24) is 0 Å². The highest BCUT2D eigenvalue weighted by Crippen LogP contribution is 2.21. The van der Waals surface area contributed by atoms with Crippen molar-refractivity contribution in [3.05, 3.63) is 96.1 Å². The van der Waals surface area contributed by atoms with Crippen LogP contribution in [0.5, 0.6) is 5.75 Å². The van der Waals surface area contributed by atoms with E-state index in [-0.39, 0.29) is 4.90 Å². The molecule has 0 amide bonds. The molecule has 0 saturated heterocycles. The molecule has 3 aromatic rings. The molecule has 3 rings (SSSR count). The van der Waals surface area contributed by atoms with Crippen LogP contribution in [0.2, 0.25) is 0 Å². The molecule has 0 aliphatic carbocycles. The molecule has 4 nitrogen and oxygen atoms in total. The molecule has 132 valence electrons. The van der Waals surface area contributed by atoms with Gasteiger partial charge in [-0.1, -0.05) is 66.7 Å². The third-order valence-corrected chi connectivity index (χ3v) is 5.26. The summed E-state index contributed by atoms with van der Waals surface area (Å²) < 4.78 is 35.0. The van der Waals surface area contributed by atoms with Crippen molar-refractivity contribution in [1.29, 1.82) is 0 Å². The van der Waals surface area contributed by atoms with Crippen LogP contribution >= 0.6 is 0 Å². The van der Waals surface area contributed by atoms with Crippen LogP contribution in [-0.2, 0) is 16.4 Å². The van der Waals surface area contributed by atoms with Crippen LogP contribution < -0.4 is 4.74 Å². The number of ether oxygens (including phenoxy) is 1. The van der Waals surface area contributed by atoms with Crippen LogP contribution in [-0.4, -0.2) is 21.2 Å². The number of nitrogens with zero attached hydrogens (tertiary/aromatic N) is 1. The number of hydrogen-bond acceptors (Lipinski definition) is 3. The molecule has 0 atom stereocenters. The lowest BCUT2D eigenvalue weighted by Gasteiger charge is -2.11. The standard InChI is InChI=1S/C21H19NO3S/c1-25-21-15-9-8-12-18(21)16-20(17-10-4-2-5-11-17)22-26(23,24)19-13-6-3-7-14-19/h2-15H,16H2,1H3. The highest BCUT2D eigenvalue weighted by atomic mass is 32.2. The van der Waals surface area contributed by atoms with E-state index < -0.39 is 10.0 Å². The van der Waals surface area contributed by atoms with Crippen LogP contribution in [0.15, 0.2) is 94.2 Å². The van der Waals surface area contributed by atoms with Gasteiger partial charge in [-0.25, -0.2) is 0 Å². The van der Waals surface area contributed by atoms with E-state index in [0.29, 0.717) is 17.9 Å². The van der Waals surface area contributed by atoms with E-state index >= 15 is 0 Å². The maximum Gasteiger partial charge on any atom is 0.282 e. The highest BCUT2D eigenvalue weighted by Gasteiger charge is 2.16. The number of para-hydroxylation sites is 1. The monoisotopic (exact) mass is 365 g/mol. The minimum atomic E-state index is -3.80. The summed E-state index contributed by atoms with van der Waals surface area (Å²) >= 11 is 0. The van der Waals surface area contributed by atoms with E-state index in [9.17, 15) is 8.42 Å². The first-order valence-corrected chi connectivity index (χ1v) is 9.60. The average Bonchev–Trinajstić information content (AvgIpc) is 2.69. The molecular weight excluding hydrogens is 346 g/mol. The maximum atomic E-state index is 12.7. The lowest BCUT2D eigenvalue weighted by atomic mass is 10.0. The number of rotatable bonds is 6. The van der Waals surface area contributed by atoms with Gasteiger partial charge in [0.15, 0.2) is 0 Å². The van der Waals surface area contributed by atoms with Crippen molar-refractivity contribution < 1.29 is 13.2 Å². The second kappa shape index (κ2) is 7.97. The van der Waals surface area contributed by atoms with Crippen molar-refractivity contribution in [2.75, 3.05) is 7.11 Å². The van der Waals surface area contributed by atoms with E-state index in [0.717, 1.165) is 11.1 Å². The van der Waals surface area contributed by atoms with Crippen molar-refractivity contribution in [3.63, 3.8) is 0 Å². The quantitative estimate of drug-likeness (QED) is 0.618. The second-order valence-corrected chi connectivity index (χ2v) is 7.28. The second-order valence-electron chi connectivity index (χ2n) is 5.68.